The number of ether oxygens (including phenoxy) is 3. The van der Waals surface area contributed by atoms with Crippen LogP contribution in [-0.4, -0.2) is 54.8 Å². The first-order chi connectivity index (χ1) is 12.0. The average molecular weight is 351 g/mol. The summed E-state index contributed by atoms with van der Waals surface area (Å²) in [6, 6.07) is 3.26. The molecule has 1 heterocycles. The van der Waals surface area contributed by atoms with Crippen molar-refractivity contribution < 1.29 is 28.9 Å². The Morgan fingerprint density at radius 3 is 2.08 bits per heavy atom. The number of carbonyl (C=O) groups is 2. The third-order valence-electron chi connectivity index (χ3n) is 3.98. The summed E-state index contributed by atoms with van der Waals surface area (Å²) in [5.41, 5.74) is 0.404. The van der Waals surface area contributed by atoms with Crippen molar-refractivity contribution in [2.24, 2.45) is 5.92 Å². The molecule has 1 amide bonds. The highest BCUT2D eigenvalue weighted by Gasteiger charge is 2.32. The molecule has 1 atom stereocenters. The number of hydrogen-bond donors (Lipinski definition) is 1. The number of hydrogen-bond acceptors (Lipinski definition) is 5. The van der Waals surface area contributed by atoms with Gasteiger partial charge in [0.05, 0.1) is 25.7 Å². The fourth-order valence-corrected chi connectivity index (χ4v) is 2.84. The highest BCUT2D eigenvalue weighted by Crippen LogP contribution is 2.39. The molecule has 0 spiro atoms. The molecule has 25 heavy (non-hydrogen) atoms. The second-order valence-corrected chi connectivity index (χ2v) is 5.68. The normalized spacial score (nSPS) is 16.6. The summed E-state index contributed by atoms with van der Waals surface area (Å²) < 4.78 is 16.9. The quantitative estimate of drug-likeness (QED) is 0.774. The number of aliphatic carboxylic acids is 1. The predicted molar refractivity (Wildman–Crippen MR) is 91.6 cm³/mol. The molecule has 1 aliphatic heterocycles. The van der Waals surface area contributed by atoms with Crippen LogP contribution in [0, 0.1) is 5.92 Å². The zero-order valence-corrected chi connectivity index (χ0v) is 14.9. The smallest absolute Gasteiger partial charge is 0.308 e. The molecular weight excluding hydrogens is 326 g/mol. The molecule has 0 radical (unpaired) electrons. The van der Waals surface area contributed by atoms with E-state index in [2.05, 4.69) is 0 Å². The van der Waals surface area contributed by atoms with E-state index in [0.29, 0.717) is 55.6 Å². The Labute approximate surface area is 147 Å². The number of carboxylic acid groups (broad SMARTS) is 1. The van der Waals surface area contributed by atoms with Crippen LogP contribution in [0.4, 0.5) is 0 Å². The van der Waals surface area contributed by atoms with Crippen LogP contribution in [0.1, 0.15) is 37.6 Å². The van der Waals surface area contributed by atoms with E-state index in [-0.39, 0.29) is 12.5 Å². The van der Waals surface area contributed by atoms with Crippen molar-refractivity contribution in [3.63, 3.8) is 0 Å². The van der Waals surface area contributed by atoms with E-state index in [1.807, 2.05) is 20.8 Å². The topological polar surface area (TPSA) is 85.3 Å². The predicted octanol–water partition coefficient (Wildman–Crippen LogP) is 2.43. The van der Waals surface area contributed by atoms with Gasteiger partial charge in [0.25, 0.3) is 5.91 Å². The molecule has 1 N–H and O–H groups in total. The average Bonchev–Trinajstić information content (AvgIpc) is 3.07. The maximum Gasteiger partial charge on any atom is 0.308 e. The Balaban J connectivity index is 2.33. The van der Waals surface area contributed by atoms with E-state index in [4.69, 9.17) is 19.3 Å². The van der Waals surface area contributed by atoms with Gasteiger partial charge in [0, 0.05) is 18.7 Å². The Bertz CT molecular complexity index is 603. The van der Waals surface area contributed by atoms with Crippen LogP contribution in [0.15, 0.2) is 12.1 Å². The lowest BCUT2D eigenvalue weighted by atomic mass is 10.1. The summed E-state index contributed by atoms with van der Waals surface area (Å²) in [6.07, 6.45) is 0.467. The molecule has 1 saturated heterocycles. The van der Waals surface area contributed by atoms with Gasteiger partial charge < -0.3 is 24.2 Å². The number of rotatable bonds is 8. The summed E-state index contributed by atoms with van der Waals surface area (Å²) in [6.45, 7) is 7.50. The largest absolute Gasteiger partial charge is 0.490 e. The summed E-state index contributed by atoms with van der Waals surface area (Å²) in [4.78, 5) is 25.4. The maximum absolute atomic E-state index is 12.8. The van der Waals surface area contributed by atoms with Crippen LogP contribution >= 0.6 is 0 Å². The molecule has 7 nitrogen and oxygen atoms in total. The van der Waals surface area contributed by atoms with Crippen molar-refractivity contribution in [3.8, 4) is 17.2 Å². The maximum atomic E-state index is 12.8. The van der Waals surface area contributed by atoms with Crippen molar-refractivity contribution >= 4 is 11.9 Å². The number of carbonyl (C=O) groups excluding carboxylic acids is 1. The molecule has 1 aromatic carbocycles. The highest BCUT2D eigenvalue weighted by molar-refractivity contribution is 5.96. The van der Waals surface area contributed by atoms with Crippen molar-refractivity contribution in [1.82, 2.24) is 4.90 Å². The SMILES string of the molecule is CCOc1cc(C(=O)N2CCC(C(=O)O)C2)cc(OCC)c1OCC. The molecule has 0 aromatic heterocycles. The lowest BCUT2D eigenvalue weighted by Crippen LogP contribution is -2.30. The van der Waals surface area contributed by atoms with E-state index in [1.54, 1.807) is 17.0 Å². The molecule has 2 rings (SSSR count). The summed E-state index contributed by atoms with van der Waals surface area (Å²) >= 11 is 0. The zero-order chi connectivity index (χ0) is 18.4. The van der Waals surface area contributed by atoms with Gasteiger partial charge in [-0.3, -0.25) is 9.59 Å². The van der Waals surface area contributed by atoms with Crippen LogP contribution < -0.4 is 14.2 Å². The first kappa shape index (κ1) is 18.9. The third-order valence-corrected chi connectivity index (χ3v) is 3.98. The molecule has 7 heteroatoms. The molecule has 0 aliphatic carbocycles. The fraction of sp³-hybridized carbons (Fsp3) is 0.556. The van der Waals surface area contributed by atoms with E-state index < -0.39 is 11.9 Å². The second kappa shape index (κ2) is 8.60. The second-order valence-electron chi connectivity index (χ2n) is 5.68. The van der Waals surface area contributed by atoms with Crippen LogP contribution in [0.2, 0.25) is 0 Å². The van der Waals surface area contributed by atoms with Gasteiger partial charge in [0.15, 0.2) is 11.5 Å². The summed E-state index contributed by atoms with van der Waals surface area (Å²) in [5.74, 6) is -0.224. The molecule has 0 saturated carbocycles. The van der Waals surface area contributed by atoms with Gasteiger partial charge in [-0.05, 0) is 39.3 Å². The van der Waals surface area contributed by atoms with Gasteiger partial charge in [-0.25, -0.2) is 0 Å². The lowest BCUT2D eigenvalue weighted by Gasteiger charge is -2.20. The van der Waals surface area contributed by atoms with Gasteiger partial charge in [-0.2, -0.15) is 0 Å². The standard InChI is InChI=1S/C18H25NO6/c1-4-23-14-9-13(10-15(24-5-2)16(14)25-6-3)17(20)19-8-7-12(11-19)18(21)22/h9-10,12H,4-8,11H2,1-3H3,(H,21,22). The Morgan fingerprint density at radius 2 is 1.64 bits per heavy atom. The van der Waals surface area contributed by atoms with Gasteiger partial charge >= 0.3 is 5.97 Å². The molecule has 1 aliphatic rings. The first-order valence-corrected chi connectivity index (χ1v) is 8.60. The first-order valence-electron chi connectivity index (χ1n) is 8.60. The monoisotopic (exact) mass is 351 g/mol. The number of benzene rings is 1. The molecular formula is C18H25NO6. The van der Waals surface area contributed by atoms with Crippen molar-refractivity contribution in [3.05, 3.63) is 17.7 Å². The van der Waals surface area contributed by atoms with Gasteiger partial charge in [-0.1, -0.05) is 0 Å². The number of amides is 1. The minimum Gasteiger partial charge on any atom is -0.490 e. The van der Waals surface area contributed by atoms with Crippen molar-refractivity contribution in [2.45, 2.75) is 27.2 Å². The third kappa shape index (κ3) is 4.35. The van der Waals surface area contributed by atoms with E-state index in [1.165, 1.54) is 0 Å². The van der Waals surface area contributed by atoms with E-state index >= 15 is 0 Å². The van der Waals surface area contributed by atoms with Crippen LogP contribution in [-0.2, 0) is 4.79 Å². The van der Waals surface area contributed by atoms with E-state index in [9.17, 15) is 9.59 Å². The number of carboxylic acids is 1. The summed E-state index contributed by atoms with van der Waals surface area (Å²) in [7, 11) is 0. The Hall–Kier alpha value is -2.44. The highest BCUT2D eigenvalue weighted by atomic mass is 16.5. The Kier molecular flexibility index (Phi) is 6.50. The summed E-state index contributed by atoms with van der Waals surface area (Å²) in [5, 5.41) is 9.11. The van der Waals surface area contributed by atoms with Crippen molar-refractivity contribution in [2.75, 3.05) is 32.9 Å². The van der Waals surface area contributed by atoms with Gasteiger partial charge in [0.1, 0.15) is 0 Å². The molecule has 0 bridgehead atoms. The Morgan fingerprint density at radius 1 is 1.08 bits per heavy atom. The lowest BCUT2D eigenvalue weighted by molar-refractivity contribution is -0.141. The van der Waals surface area contributed by atoms with Crippen LogP contribution in [0.3, 0.4) is 0 Å². The fourth-order valence-electron chi connectivity index (χ4n) is 2.84. The molecule has 138 valence electrons. The van der Waals surface area contributed by atoms with Crippen molar-refractivity contribution in [1.29, 1.82) is 0 Å². The van der Waals surface area contributed by atoms with Gasteiger partial charge in [-0.15, -0.1) is 0 Å². The van der Waals surface area contributed by atoms with Crippen LogP contribution in [0.25, 0.3) is 0 Å². The number of nitrogens with zero attached hydrogens (tertiary/aromatic N) is 1. The van der Waals surface area contributed by atoms with E-state index in [0.717, 1.165) is 0 Å². The minimum absolute atomic E-state index is 0.218. The van der Waals surface area contributed by atoms with Gasteiger partial charge in [0.2, 0.25) is 5.75 Å². The van der Waals surface area contributed by atoms with Crippen LogP contribution in [0.5, 0.6) is 17.2 Å². The zero-order valence-electron chi connectivity index (χ0n) is 14.9. The molecule has 1 unspecified atom stereocenters. The number of likely N-dealkylation sites (tertiary alicyclic amines) is 1. The minimum atomic E-state index is -0.869. The molecule has 1 fully saturated rings. The molecule has 1 aromatic rings.